The first-order valence-corrected chi connectivity index (χ1v) is 6.03. The second-order valence-corrected chi connectivity index (χ2v) is 4.26. The van der Waals surface area contributed by atoms with Crippen LogP contribution in [0.3, 0.4) is 0 Å². The molecule has 0 atom stereocenters. The number of rotatable bonds is 7. The molecule has 1 rings (SSSR count). The monoisotopic (exact) mass is 232 g/mol. The van der Waals surface area contributed by atoms with Gasteiger partial charge < -0.3 is 10.1 Å². The van der Waals surface area contributed by atoms with Crippen LogP contribution in [0.1, 0.15) is 31.4 Å². The Morgan fingerprint density at radius 2 is 2.24 bits per heavy atom. The van der Waals surface area contributed by atoms with Crippen LogP contribution in [-0.4, -0.2) is 19.3 Å². The molecule has 0 saturated heterocycles. The van der Waals surface area contributed by atoms with Crippen LogP contribution >= 0.6 is 0 Å². The lowest BCUT2D eigenvalue weighted by molar-refractivity contribution is 0.0770. The minimum atomic E-state index is 0.308. The standard InChI is InChI=1S/C14H20N2O/c1-12(2)17-8-4-7-16-11-14-6-3-5-13(9-14)10-15/h3,5-6,9,12,16H,4,7-8,11H2,1-2H3. The number of benzene rings is 1. The van der Waals surface area contributed by atoms with Crippen molar-refractivity contribution in [2.45, 2.75) is 32.9 Å². The molecule has 92 valence electrons. The molecule has 0 heterocycles. The van der Waals surface area contributed by atoms with Crippen LogP contribution < -0.4 is 5.32 Å². The van der Waals surface area contributed by atoms with Crippen LogP contribution in [0.4, 0.5) is 0 Å². The summed E-state index contributed by atoms with van der Waals surface area (Å²) in [4.78, 5) is 0. The molecule has 0 aliphatic rings. The van der Waals surface area contributed by atoms with Crippen LogP contribution in [0.2, 0.25) is 0 Å². The second kappa shape index (κ2) is 7.83. The Labute approximate surface area is 103 Å². The third-order valence-corrected chi connectivity index (χ3v) is 2.33. The number of hydrogen-bond acceptors (Lipinski definition) is 3. The first-order valence-electron chi connectivity index (χ1n) is 6.03. The van der Waals surface area contributed by atoms with Gasteiger partial charge in [0.15, 0.2) is 0 Å². The van der Waals surface area contributed by atoms with Crippen LogP contribution in [0.15, 0.2) is 24.3 Å². The maximum Gasteiger partial charge on any atom is 0.0991 e. The van der Waals surface area contributed by atoms with Crippen molar-refractivity contribution >= 4 is 0 Å². The molecule has 3 nitrogen and oxygen atoms in total. The fourth-order valence-electron chi connectivity index (χ4n) is 1.50. The Hall–Kier alpha value is -1.37. The van der Waals surface area contributed by atoms with Crippen LogP contribution in [0.5, 0.6) is 0 Å². The summed E-state index contributed by atoms with van der Waals surface area (Å²) in [6, 6.07) is 9.82. The summed E-state index contributed by atoms with van der Waals surface area (Å²) in [5.74, 6) is 0. The average molecular weight is 232 g/mol. The highest BCUT2D eigenvalue weighted by Crippen LogP contribution is 2.03. The molecule has 0 amide bonds. The highest BCUT2D eigenvalue weighted by Gasteiger charge is 1.96. The molecule has 1 aromatic carbocycles. The maximum atomic E-state index is 8.77. The van der Waals surface area contributed by atoms with Crippen molar-refractivity contribution in [1.82, 2.24) is 5.32 Å². The maximum absolute atomic E-state index is 8.77. The van der Waals surface area contributed by atoms with Crippen molar-refractivity contribution in [1.29, 1.82) is 5.26 Å². The van der Waals surface area contributed by atoms with E-state index >= 15 is 0 Å². The fourth-order valence-corrected chi connectivity index (χ4v) is 1.50. The van der Waals surface area contributed by atoms with Crippen molar-refractivity contribution in [3.63, 3.8) is 0 Å². The molecule has 0 aliphatic carbocycles. The lowest BCUT2D eigenvalue weighted by Crippen LogP contribution is -2.17. The Morgan fingerprint density at radius 1 is 1.41 bits per heavy atom. The molecule has 0 bridgehead atoms. The summed E-state index contributed by atoms with van der Waals surface area (Å²) in [6.07, 6.45) is 1.32. The molecule has 0 spiro atoms. The number of nitrogens with one attached hydrogen (secondary N) is 1. The Kier molecular flexibility index (Phi) is 6.31. The molecule has 17 heavy (non-hydrogen) atoms. The highest BCUT2D eigenvalue weighted by atomic mass is 16.5. The van der Waals surface area contributed by atoms with Crippen molar-refractivity contribution < 1.29 is 4.74 Å². The van der Waals surface area contributed by atoms with Gasteiger partial charge in [0.2, 0.25) is 0 Å². The molecule has 3 heteroatoms. The Balaban J connectivity index is 2.16. The average Bonchev–Trinajstić information content (AvgIpc) is 2.33. The van der Waals surface area contributed by atoms with E-state index in [9.17, 15) is 0 Å². The summed E-state index contributed by atoms with van der Waals surface area (Å²) in [5, 5.41) is 12.1. The molecular weight excluding hydrogens is 212 g/mol. The van der Waals surface area contributed by atoms with Crippen molar-refractivity contribution in [2.75, 3.05) is 13.2 Å². The molecule has 0 aliphatic heterocycles. The van der Waals surface area contributed by atoms with Crippen LogP contribution in [-0.2, 0) is 11.3 Å². The van der Waals surface area contributed by atoms with Crippen molar-refractivity contribution in [2.24, 2.45) is 0 Å². The summed E-state index contributed by atoms with van der Waals surface area (Å²) in [6.45, 7) is 6.62. The SMILES string of the molecule is CC(C)OCCCNCc1cccc(C#N)c1. The van der Waals surface area contributed by atoms with Gasteiger partial charge in [-0.1, -0.05) is 12.1 Å². The smallest absolute Gasteiger partial charge is 0.0991 e. The lowest BCUT2D eigenvalue weighted by Gasteiger charge is -2.08. The largest absolute Gasteiger partial charge is 0.379 e. The van der Waals surface area contributed by atoms with E-state index in [0.29, 0.717) is 11.7 Å². The zero-order chi connectivity index (χ0) is 12.5. The number of nitrogens with zero attached hydrogens (tertiary/aromatic N) is 1. The van der Waals surface area contributed by atoms with Gasteiger partial charge in [-0.3, -0.25) is 0 Å². The molecular formula is C14H20N2O. The third-order valence-electron chi connectivity index (χ3n) is 2.33. The third kappa shape index (κ3) is 6.06. The fraction of sp³-hybridized carbons (Fsp3) is 0.500. The van der Waals surface area contributed by atoms with E-state index in [0.717, 1.165) is 31.7 Å². The summed E-state index contributed by atoms with van der Waals surface area (Å²) in [5.41, 5.74) is 1.86. The summed E-state index contributed by atoms with van der Waals surface area (Å²) < 4.78 is 5.45. The van der Waals surface area contributed by atoms with Crippen LogP contribution in [0.25, 0.3) is 0 Å². The quantitative estimate of drug-likeness (QED) is 0.734. The molecule has 0 fully saturated rings. The first kappa shape index (κ1) is 13.7. The first-order chi connectivity index (χ1) is 8.22. The highest BCUT2D eigenvalue weighted by molar-refractivity contribution is 5.32. The van der Waals surface area contributed by atoms with E-state index in [1.165, 1.54) is 0 Å². The van der Waals surface area contributed by atoms with Gasteiger partial charge >= 0.3 is 0 Å². The topological polar surface area (TPSA) is 45.0 Å². The van der Waals surface area contributed by atoms with E-state index in [2.05, 4.69) is 11.4 Å². The van der Waals surface area contributed by atoms with Crippen LogP contribution in [0, 0.1) is 11.3 Å². The zero-order valence-corrected chi connectivity index (χ0v) is 10.6. The Bertz CT molecular complexity index is 369. The molecule has 1 aromatic rings. The second-order valence-electron chi connectivity index (χ2n) is 4.26. The minimum absolute atomic E-state index is 0.308. The zero-order valence-electron chi connectivity index (χ0n) is 10.6. The molecule has 1 N–H and O–H groups in total. The van der Waals surface area contributed by atoms with Gasteiger partial charge in [0.1, 0.15) is 0 Å². The van der Waals surface area contributed by atoms with Crippen molar-refractivity contribution in [3.8, 4) is 6.07 Å². The number of hydrogen-bond donors (Lipinski definition) is 1. The predicted octanol–water partition coefficient (Wildman–Crippen LogP) is 2.46. The van der Waals surface area contributed by atoms with Gasteiger partial charge in [-0.2, -0.15) is 5.26 Å². The Morgan fingerprint density at radius 3 is 2.94 bits per heavy atom. The molecule has 0 saturated carbocycles. The number of ether oxygens (including phenoxy) is 1. The molecule has 0 aromatic heterocycles. The minimum Gasteiger partial charge on any atom is -0.379 e. The van der Waals surface area contributed by atoms with Gasteiger partial charge in [0, 0.05) is 13.2 Å². The number of nitriles is 1. The van der Waals surface area contributed by atoms with Gasteiger partial charge in [-0.05, 0) is 44.5 Å². The van der Waals surface area contributed by atoms with Gasteiger partial charge in [0.05, 0.1) is 17.7 Å². The van der Waals surface area contributed by atoms with E-state index in [4.69, 9.17) is 10.00 Å². The van der Waals surface area contributed by atoms with Gasteiger partial charge in [-0.15, -0.1) is 0 Å². The van der Waals surface area contributed by atoms with E-state index in [-0.39, 0.29) is 0 Å². The van der Waals surface area contributed by atoms with E-state index in [1.807, 2.05) is 38.1 Å². The van der Waals surface area contributed by atoms with Gasteiger partial charge in [-0.25, -0.2) is 0 Å². The normalized spacial score (nSPS) is 10.5. The van der Waals surface area contributed by atoms with E-state index < -0.39 is 0 Å². The lowest BCUT2D eigenvalue weighted by atomic mass is 10.1. The molecule has 0 unspecified atom stereocenters. The summed E-state index contributed by atoms with van der Waals surface area (Å²) >= 11 is 0. The van der Waals surface area contributed by atoms with E-state index in [1.54, 1.807) is 0 Å². The van der Waals surface area contributed by atoms with Crippen molar-refractivity contribution in [3.05, 3.63) is 35.4 Å². The van der Waals surface area contributed by atoms with Gasteiger partial charge in [0.25, 0.3) is 0 Å². The molecule has 0 radical (unpaired) electrons. The predicted molar refractivity (Wildman–Crippen MR) is 68.6 cm³/mol. The summed E-state index contributed by atoms with van der Waals surface area (Å²) in [7, 11) is 0.